The normalized spacial score (nSPS) is 12.7. The molecule has 0 N–H and O–H groups in total. The van der Waals surface area contributed by atoms with Crippen molar-refractivity contribution in [2.75, 3.05) is 13.2 Å². The van der Waals surface area contributed by atoms with Crippen LogP contribution >= 0.6 is 0 Å². The van der Waals surface area contributed by atoms with E-state index >= 15 is 0 Å². The molecule has 0 amide bonds. The summed E-state index contributed by atoms with van der Waals surface area (Å²) in [5.74, 6) is -0.987. The van der Waals surface area contributed by atoms with Crippen molar-refractivity contribution in [1.82, 2.24) is 0 Å². The molecule has 0 spiro atoms. The van der Waals surface area contributed by atoms with Crippen molar-refractivity contribution >= 4 is 17.9 Å². The van der Waals surface area contributed by atoms with E-state index in [4.69, 9.17) is 14.2 Å². The zero-order valence-corrected chi connectivity index (χ0v) is 43.9. The van der Waals surface area contributed by atoms with Gasteiger partial charge in [-0.1, -0.05) is 221 Å². The number of unbranched alkanes of at least 4 members (excludes halogenated alkanes) is 25. The molecule has 384 valence electrons. The molecule has 0 aliphatic carbocycles. The zero-order valence-electron chi connectivity index (χ0n) is 43.9. The van der Waals surface area contributed by atoms with E-state index in [9.17, 15) is 14.4 Å². The van der Waals surface area contributed by atoms with Crippen LogP contribution in [0.2, 0.25) is 0 Å². The molecule has 67 heavy (non-hydrogen) atoms. The lowest BCUT2D eigenvalue weighted by atomic mass is 10.1. The molecular formula is C61H104O6. The summed E-state index contributed by atoms with van der Waals surface area (Å²) in [6.45, 7) is 6.46. The minimum absolute atomic E-state index is 0.108. The molecule has 0 fully saturated rings. The summed E-state index contributed by atoms with van der Waals surface area (Å²) in [5, 5.41) is 0. The molecule has 0 aliphatic heterocycles. The molecular weight excluding hydrogens is 829 g/mol. The van der Waals surface area contributed by atoms with E-state index in [2.05, 4.69) is 106 Å². The van der Waals surface area contributed by atoms with Crippen LogP contribution in [0.15, 0.2) is 85.1 Å². The van der Waals surface area contributed by atoms with Crippen molar-refractivity contribution in [3.05, 3.63) is 85.1 Å². The predicted octanol–water partition coefficient (Wildman–Crippen LogP) is 18.8. The fourth-order valence-electron chi connectivity index (χ4n) is 7.64. The van der Waals surface area contributed by atoms with Crippen LogP contribution in [-0.4, -0.2) is 37.2 Å². The van der Waals surface area contributed by atoms with Gasteiger partial charge in [-0.15, -0.1) is 0 Å². The van der Waals surface area contributed by atoms with Gasteiger partial charge >= 0.3 is 17.9 Å². The van der Waals surface area contributed by atoms with Crippen molar-refractivity contribution in [3.8, 4) is 0 Å². The Bertz CT molecular complexity index is 1300. The molecule has 0 aliphatic rings. The Morgan fingerprint density at radius 3 is 0.985 bits per heavy atom. The van der Waals surface area contributed by atoms with E-state index in [0.29, 0.717) is 19.3 Å². The van der Waals surface area contributed by atoms with E-state index < -0.39 is 6.10 Å². The molecule has 0 heterocycles. The van der Waals surface area contributed by atoms with Crippen molar-refractivity contribution in [2.24, 2.45) is 0 Å². The SMILES string of the molecule is CC/C=C\C/C=C\C/C=C\C/C=C\C/C=C\CCCC(=O)OC(COC(=O)CCCCC/C=C\CCCCCCCCC)COC(=O)CCCCCCC/C=C\CCCCCCCCCCC. The monoisotopic (exact) mass is 933 g/mol. The number of rotatable bonds is 50. The van der Waals surface area contributed by atoms with Crippen LogP contribution in [0.4, 0.5) is 0 Å². The van der Waals surface area contributed by atoms with Gasteiger partial charge in [0.1, 0.15) is 13.2 Å². The van der Waals surface area contributed by atoms with E-state index in [1.807, 2.05) is 0 Å². The molecule has 0 rings (SSSR count). The summed E-state index contributed by atoms with van der Waals surface area (Å²) in [7, 11) is 0. The largest absolute Gasteiger partial charge is 0.462 e. The first-order valence-corrected chi connectivity index (χ1v) is 28.1. The number of carbonyl (C=O) groups is 3. The van der Waals surface area contributed by atoms with Gasteiger partial charge in [-0.3, -0.25) is 14.4 Å². The highest BCUT2D eigenvalue weighted by Crippen LogP contribution is 2.14. The van der Waals surface area contributed by atoms with Gasteiger partial charge in [0.2, 0.25) is 0 Å². The maximum atomic E-state index is 12.8. The zero-order chi connectivity index (χ0) is 48.6. The highest BCUT2D eigenvalue weighted by atomic mass is 16.6. The average molecular weight is 933 g/mol. The molecule has 1 unspecified atom stereocenters. The van der Waals surface area contributed by atoms with Gasteiger partial charge in [-0.25, -0.2) is 0 Å². The summed E-state index contributed by atoms with van der Waals surface area (Å²) in [4.78, 5) is 38.1. The molecule has 0 radical (unpaired) electrons. The van der Waals surface area contributed by atoms with Crippen LogP contribution in [0.3, 0.4) is 0 Å². The molecule has 1 atom stereocenters. The third-order valence-electron chi connectivity index (χ3n) is 11.9. The first-order chi connectivity index (χ1) is 33.0. The van der Waals surface area contributed by atoms with E-state index in [-0.39, 0.29) is 37.5 Å². The lowest BCUT2D eigenvalue weighted by molar-refractivity contribution is -0.167. The van der Waals surface area contributed by atoms with Gasteiger partial charge in [-0.2, -0.15) is 0 Å². The predicted molar refractivity (Wildman–Crippen MR) is 288 cm³/mol. The Labute approximate surface area is 414 Å². The number of hydrogen-bond donors (Lipinski definition) is 0. The Kier molecular flexibility index (Phi) is 52.4. The Balaban J connectivity index is 4.49. The van der Waals surface area contributed by atoms with Crippen LogP contribution in [0.1, 0.15) is 265 Å². The van der Waals surface area contributed by atoms with Gasteiger partial charge in [-0.05, 0) is 109 Å². The van der Waals surface area contributed by atoms with Gasteiger partial charge in [0.15, 0.2) is 6.10 Å². The molecule has 0 saturated carbocycles. The quantitative estimate of drug-likeness (QED) is 0.0262. The highest BCUT2D eigenvalue weighted by Gasteiger charge is 2.19. The summed E-state index contributed by atoms with van der Waals surface area (Å²) in [5.41, 5.74) is 0. The van der Waals surface area contributed by atoms with Gasteiger partial charge in [0.25, 0.3) is 0 Å². The van der Waals surface area contributed by atoms with Gasteiger partial charge in [0, 0.05) is 19.3 Å². The average Bonchev–Trinajstić information content (AvgIpc) is 3.33. The number of esters is 3. The van der Waals surface area contributed by atoms with Crippen LogP contribution in [0.25, 0.3) is 0 Å². The van der Waals surface area contributed by atoms with Crippen LogP contribution in [0, 0.1) is 0 Å². The maximum absolute atomic E-state index is 12.8. The van der Waals surface area contributed by atoms with E-state index in [1.54, 1.807) is 0 Å². The van der Waals surface area contributed by atoms with Crippen LogP contribution in [0.5, 0.6) is 0 Å². The second-order valence-electron chi connectivity index (χ2n) is 18.5. The highest BCUT2D eigenvalue weighted by molar-refractivity contribution is 5.71. The number of allylic oxidation sites excluding steroid dienone is 14. The molecule has 6 heteroatoms. The minimum atomic E-state index is -0.816. The van der Waals surface area contributed by atoms with Crippen molar-refractivity contribution in [3.63, 3.8) is 0 Å². The van der Waals surface area contributed by atoms with Crippen molar-refractivity contribution in [2.45, 2.75) is 271 Å². The number of ether oxygens (including phenoxy) is 3. The topological polar surface area (TPSA) is 78.9 Å². The maximum Gasteiger partial charge on any atom is 0.306 e. The van der Waals surface area contributed by atoms with Crippen molar-refractivity contribution < 1.29 is 28.6 Å². The fourth-order valence-corrected chi connectivity index (χ4v) is 7.64. The van der Waals surface area contributed by atoms with Gasteiger partial charge in [0.05, 0.1) is 0 Å². The second-order valence-corrected chi connectivity index (χ2v) is 18.5. The van der Waals surface area contributed by atoms with E-state index in [0.717, 1.165) is 103 Å². The summed E-state index contributed by atoms with van der Waals surface area (Å²) >= 11 is 0. The molecule has 0 saturated heterocycles. The first-order valence-electron chi connectivity index (χ1n) is 28.1. The Hall–Kier alpha value is -3.41. The molecule has 0 aromatic heterocycles. The minimum Gasteiger partial charge on any atom is -0.462 e. The third-order valence-corrected chi connectivity index (χ3v) is 11.9. The molecule has 0 aromatic rings. The smallest absolute Gasteiger partial charge is 0.306 e. The Morgan fingerprint density at radius 1 is 0.313 bits per heavy atom. The lowest BCUT2D eigenvalue weighted by Crippen LogP contribution is -2.30. The second kappa shape index (κ2) is 55.2. The fraction of sp³-hybridized carbons (Fsp3) is 0.721. The number of hydrogen-bond acceptors (Lipinski definition) is 6. The standard InChI is InChI=1S/C61H104O6/c1-4-7-10-13-16-19-22-25-28-30-32-33-36-39-42-45-48-51-54-60(63)66-57-58(56-65-59(62)53-50-47-44-41-38-35-27-24-21-18-15-12-9-6-3)67-61(64)55-52-49-46-43-40-37-34-31-29-26-23-20-17-14-11-8-5-2/h8,11,17,20,26,29,32-35,37-38,43,46,58H,4-7,9-10,12-16,18-19,21-25,27-28,30-31,36,39-42,44-45,47-57H2,1-3H3/b11-8-,20-17-,29-26-,33-32-,37-34-,38-35-,46-43-. The first kappa shape index (κ1) is 63.6. The Morgan fingerprint density at radius 2 is 0.597 bits per heavy atom. The summed E-state index contributed by atoms with van der Waals surface area (Å²) in [6, 6.07) is 0. The van der Waals surface area contributed by atoms with E-state index in [1.165, 1.54) is 116 Å². The van der Waals surface area contributed by atoms with Crippen molar-refractivity contribution in [1.29, 1.82) is 0 Å². The molecule has 0 aromatic carbocycles. The molecule has 0 bridgehead atoms. The van der Waals surface area contributed by atoms with Gasteiger partial charge < -0.3 is 14.2 Å². The summed E-state index contributed by atoms with van der Waals surface area (Å²) in [6.07, 6.45) is 71.5. The van der Waals surface area contributed by atoms with Crippen LogP contribution in [-0.2, 0) is 28.6 Å². The third kappa shape index (κ3) is 53.4. The molecule has 6 nitrogen and oxygen atoms in total. The van der Waals surface area contributed by atoms with Crippen LogP contribution < -0.4 is 0 Å². The number of carbonyl (C=O) groups excluding carboxylic acids is 3. The summed E-state index contributed by atoms with van der Waals surface area (Å²) < 4.78 is 16.8. The lowest BCUT2D eigenvalue weighted by Gasteiger charge is -2.18.